The van der Waals surface area contributed by atoms with Crippen LogP contribution in [0, 0.1) is 12.8 Å². The Hall–Kier alpha value is -0.580. The summed E-state index contributed by atoms with van der Waals surface area (Å²) in [4.78, 5) is 0.398. The lowest BCUT2D eigenvalue weighted by Gasteiger charge is -2.31. The van der Waals surface area contributed by atoms with E-state index in [2.05, 4.69) is 0 Å². The molecule has 0 N–H and O–H groups in total. The molecule has 0 amide bonds. The fraction of sp³-hybridized carbons (Fsp3) is 0.625. The van der Waals surface area contributed by atoms with Gasteiger partial charge < -0.3 is 0 Å². The maximum Gasteiger partial charge on any atom is 0.243 e. The van der Waals surface area contributed by atoms with Crippen molar-refractivity contribution in [1.82, 2.24) is 4.31 Å². The number of sulfonamides is 1. The summed E-state index contributed by atoms with van der Waals surface area (Å²) >= 11 is 5.92. The standard InChI is InChI=1S/C16H22ClNO2S/c1-12-6-7-15(10-14(12)11-17)21(19,20)18-9-8-13-4-2-3-5-16(13)18/h6-7,10,13,16H,2-5,8-9,11H2,1H3. The molecule has 1 saturated carbocycles. The van der Waals surface area contributed by atoms with Crippen LogP contribution in [0.4, 0.5) is 0 Å². The van der Waals surface area contributed by atoms with Crippen LogP contribution in [0.25, 0.3) is 0 Å². The normalized spacial score (nSPS) is 26.8. The minimum atomic E-state index is -3.38. The summed E-state index contributed by atoms with van der Waals surface area (Å²) in [7, 11) is -3.38. The minimum absolute atomic E-state index is 0.213. The molecule has 1 aliphatic carbocycles. The van der Waals surface area contributed by atoms with Crippen molar-refractivity contribution in [3.05, 3.63) is 29.3 Å². The molecule has 1 aliphatic heterocycles. The van der Waals surface area contributed by atoms with E-state index in [-0.39, 0.29) is 6.04 Å². The third-order valence-corrected chi connectivity index (χ3v) is 7.24. The van der Waals surface area contributed by atoms with Gasteiger partial charge in [-0.3, -0.25) is 0 Å². The van der Waals surface area contributed by atoms with Crippen LogP contribution in [-0.4, -0.2) is 25.3 Å². The number of halogens is 1. The van der Waals surface area contributed by atoms with Crippen molar-refractivity contribution < 1.29 is 8.42 Å². The number of hydrogen-bond acceptors (Lipinski definition) is 2. The van der Waals surface area contributed by atoms with E-state index < -0.39 is 10.0 Å². The zero-order valence-electron chi connectivity index (χ0n) is 12.4. The molecular weight excluding hydrogens is 306 g/mol. The Morgan fingerprint density at radius 3 is 2.76 bits per heavy atom. The van der Waals surface area contributed by atoms with E-state index in [1.807, 2.05) is 13.0 Å². The first-order valence-electron chi connectivity index (χ1n) is 7.71. The van der Waals surface area contributed by atoms with Crippen molar-refractivity contribution >= 4 is 21.6 Å². The number of hydrogen-bond donors (Lipinski definition) is 0. The summed E-state index contributed by atoms with van der Waals surface area (Å²) in [6.45, 7) is 2.63. The highest BCUT2D eigenvalue weighted by Crippen LogP contribution is 2.39. The Kier molecular flexibility index (Phi) is 4.30. The summed E-state index contributed by atoms with van der Waals surface area (Å²) < 4.78 is 27.7. The van der Waals surface area contributed by atoms with Gasteiger partial charge in [-0.1, -0.05) is 18.9 Å². The highest BCUT2D eigenvalue weighted by atomic mass is 35.5. The predicted molar refractivity (Wildman–Crippen MR) is 85.0 cm³/mol. The maximum atomic E-state index is 13.0. The molecule has 0 spiro atoms. The third-order valence-electron chi connectivity index (χ3n) is 5.03. The van der Waals surface area contributed by atoms with Crippen molar-refractivity contribution in [2.24, 2.45) is 5.92 Å². The van der Waals surface area contributed by atoms with Gasteiger partial charge in [-0.05, 0) is 55.4 Å². The van der Waals surface area contributed by atoms with Crippen molar-refractivity contribution in [2.75, 3.05) is 6.54 Å². The van der Waals surface area contributed by atoms with E-state index in [0.29, 0.717) is 23.2 Å². The molecule has 2 unspecified atom stereocenters. The molecule has 1 heterocycles. The number of alkyl halides is 1. The van der Waals surface area contributed by atoms with Gasteiger partial charge in [-0.25, -0.2) is 8.42 Å². The molecule has 21 heavy (non-hydrogen) atoms. The molecule has 0 radical (unpaired) electrons. The molecule has 1 aromatic carbocycles. The van der Waals surface area contributed by atoms with Crippen molar-refractivity contribution in [3.8, 4) is 0 Å². The fourth-order valence-corrected chi connectivity index (χ4v) is 5.82. The van der Waals surface area contributed by atoms with Gasteiger partial charge in [0.05, 0.1) is 4.90 Å². The summed E-state index contributed by atoms with van der Waals surface area (Å²) in [6.07, 6.45) is 5.59. The van der Waals surface area contributed by atoms with Gasteiger partial charge >= 0.3 is 0 Å². The highest BCUT2D eigenvalue weighted by Gasteiger charge is 2.42. The molecule has 2 fully saturated rings. The average Bonchev–Trinajstić information content (AvgIpc) is 2.92. The fourth-order valence-electron chi connectivity index (χ4n) is 3.75. The molecular formula is C16H22ClNO2S. The van der Waals surface area contributed by atoms with Crippen molar-refractivity contribution in [1.29, 1.82) is 0 Å². The zero-order chi connectivity index (χ0) is 15.0. The summed E-state index contributed by atoms with van der Waals surface area (Å²) in [5.41, 5.74) is 1.94. The average molecular weight is 328 g/mol. The lowest BCUT2D eigenvalue weighted by molar-refractivity contribution is 0.260. The van der Waals surface area contributed by atoms with Crippen LogP contribution in [0.15, 0.2) is 23.1 Å². The lowest BCUT2D eigenvalue weighted by Crippen LogP contribution is -2.39. The van der Waals surface area contributed by atoms with E-state index in [4.69, 9.17) is 11.6 Å². The molecule has 2 aliphatic rings. The van der Waals surface area contributed by atoms with Crippen LogP contribution in [0.5, 0.6) is 0 Å². The van der Waals surface area contributed by atoms with Crippen LogP contribution >= 0.6 is 11.6 Å². The molecule has 1 saturated heterocycles. The molecule has 3 nitrogen and oxygen atoms in total. The summed E-state index contributed by atoms with van der Waals surface area (Å²) in [5.74, 6) is 0.910. The van der Waals surface area contributed by atoms with Crippen molar-refractivity contribution in [2.45, 2.75) is 55.8 Å². The van der Waals surface area contributed by atoms with Gasteiger partial charge in [0, 0.05) is 18.5 Å². The van der Waals surface area contributed by atoms with E-state index in [1.165, 1.54) is 12.8 Å². The zero-order valence-corrected chi connectivity index (χ0v) is 14.0. The van der Waals surface area contributed by atoms with Crippen LogP contribution in [0.2, 0.25) is 0 Å². The number of nitrogens with zero attached hydrogens (tertiary/aromatic N) is 1. The Bertz CT molecular complexity index is 629. The van der Waals surface area contributed by atoms with Gasteiger partial charge in [0.1, 0.15) is 0 Å². The molecule has 1 aromatic rings. The second-order valence-electron chi connectivity index (χ2n) is 6.24. The van der Waals surface area contributed by atoms with E-state index in [1.54, 1.807) is 16.4 Å². The van der Waals surface area contributed by atoms with Crippen LogP contribution < -0.4 is 0 Å². The Morgan fingerprint density at radius 1 is 1.24 bits per heavy atom. The van der Waals surface area contributed by atoms with E-state index in [9.17, 15) is 8.42 Å². The van der Waals surface area contributed by atoms with E-state index >= 15 is 0 Å². The Balaban J connectivity index is 1.93. The summed E-state index contributed by atoms with van der Waals surface area (Å²) in [5, 5.41) is 0. The molecule has 0 aromatic heterocycles. The van der Waals surface area contributed by atoms with Crippen LogP contribution in [0.1, 0.15) is 43.2 Å². The van der Waals surface area contributed by atoms with Crippen LogP contribution in [0.3, 0.4) is 0 Å². The number of rotatable bonds is 3. The smallest absolute Gasteiger partial charge is 0.207 e. The molecule has 0 bridgehead atoms. The molecule has 3 rings (SSSR count). The highest BCUT2D eigenvalue weighted by molar-refractivity contribution is 7.89. The monoisotopic (exact) mass is 327 g/mol. The quantitative estimate of drug-likeness (QED) is 0.794. The predicted octanol–water partition coefficient (Wildman–Crippen LogP) is 3.69. The lowest BCUT2D eigenvalue weighted by atomic mass is 9.86. The molecule has 116 valence electrons. The number of benzene rings is 1. The Morgan fingerprint density at radius 2 is 2.00 bits per heavy atom. The second kappa shape index (κ2) is 5.90. The second-order valence-corrected chi connectivity index (χ2v) is 8.40. The van der Waals surface area contributed by atoms with Gasteiger partial charge in [-0.15, -0.1) is 11.6 Å². The maximum absolute atomic E-state index is 13.0. The van der Waals surface area contributed by atoms with Gasteiger partial charge in [0.2, 0.25) is 10.0 Å². The Labute approximate surface area is 132 Å². The largest absolute Gasteiger partial charge is 0.243 e. The first kappa shape index (κ1) is 15.3. The van der Waals surface area contributed by atoms with Gasteiger partial charge in [-0.2, -0.15) is 4.31 Å². The SMILES string of the molecule is Cc1ccc(S(=O)(=O)N2CCC3CCCCC32)cc1CCl. The van der Waals surface area contributed by atoms with Gasteiger partial charge in [0.25, 0.3) is 0 Å². The van der Waals surface area contributed by atoms with Crippen LogP contribution in [-0.2, 0) is 15.9 Å². The summed E-state index contributed by atoms with van der Waals surface area (Å²) in [6, 6.07) is 5.54. The minimum Gasteiger partial charge on any atom is -0.207 e. The third kappa shape index (κ3) is 2.73. The molecule has 2 atom stereocenters. The topological polar surface area (TPSA) is 37.4 Å². The molecule has 5 heteroatoms. The van der Waals surface area contributed by atoms with E-state index in [0.717, 1.165) is 30.4 Å². The first-order chi connectivity index (χ1) is 10.0. The van der Waals surface area contributed by atoms with Gasteiger partial charge in [0.15, 0.2) is 0 Å². The first-order valence-corrected chi connectivity index (χ1v) is 9.69. The van der Waals surface area contributed by atoms with Crippen molar-refractivity contribution in [3.63, 3.8) is 0 Å². The number of aryl methyl sites for hydroxylation is 1. The number of fused-ring (bicyclic) bond motifs is 1.